The average molecular weight is 314 g/mol. The van der Waals surface area contributed by atoms with Crippen LogP contribution in [0.4, 0.5) is 0 Å². The maximum absolute atomic E-state index is 12.5. The van der Waals surface area contributed by atoms with E-state index in [-0.39, 0.29) is 5.75 Å². The summed E-state index contributed by atoms with van der Waals surface area (Å²) in [7, 11) is -3.22. The predicted molar refractivity (Wildman–Crippen MR) is 93.4 cm³/mol. The Bertz CT molecular complexity index is 716. The highest BCUT2D eigenvalue weighted by Gasteiger charge is 2.16. The van der Waals surface area contributed by atoms with Crippen molar-refractivity contribution in [2.45, 2.75) is 31.1 Å². The smallest absolute Gasteiger partial charge is 0.178 e. The van der Waals surface area contributed by atoms with Crippen molar-refractivity contribution in [3.05, 3.63) is 65.7 Å². The topological polar surface area (TPSA) is 34.1 Å². The Morgan fingerprint density at radius 2 is 1.55 bits per heavy atom. The van der Waals surface area contributed by atoms with Crippen LogP contribution in [-0.2, 0) is 9.84 Å². The molecule has 2 aromatic carbocycles. The van der Waals surface area contributed by atoms with Gasteiger partial charge in [-0.1, -0.05) is 80.4 Å². The molecule has 116 valence electrons. The molecule has 0 fully saturated rings. The van der Waals surface area contributed by atoms with Gasteiger partial charge in [0.05, 0.1) is 10.6 Å². The van der Waals surface area contributed by atoms with Gasteiger partial charge in [0, 0.05) is 0 Å². The molecule has 2 rings (SSSR count). The van der Waals surface area contributed by atoms with Gasteiger partial charge in [0.15, 0.2) is 9.84 Å². The van der Waals surface area contributed by atoms with Gasteiger partial charge in [-0.25, -0.2) is 8.42 Å². The van der Waals surface area contributed by atoms with E-state index in [0.29, 0.717) is 4.90 Å². The lowest BCUT2D eigenvalue weighted by Gasteiger charge is -2.07. The first-order valence-corrected chi connectivity index (χ1v) is 9.33. The lowest BCUT2D eigenvalue weighted by molar-refractivity contribution is 0.591. The Labute approximate surface area is 133 Å². The van der Waals surface area contributed by atoms with Crippen LogP contribution < -0.4 is 0 Å². The van der Waals surface area contributed by atoms with Crippen LogP contribution in [0.15, 0.2) is 59.5 Å². The van der Waals surface area contributed by atoms with E-state index in [1.54, 1.807) is 12.1 Å². The molecule has 0 saturated carbocycles. The quantitative estimate of drug-likeness (QED) is 0.542. The molecule has 0 aliphatic rings. The standard InChI is InChI=1S/C19H22O2S/c1-2-3-9-16-22(20,21)19-13-8-7-12-18(19)15-14-17-10-5-4-6-11-17/h4-8,10-15H,2-3,9,16H2,1H3/b15-14+. The molecule has 0 aliphatic heterocycles. The molecule has 0 aromatic heterocycles. The van der Waals surface area contributed by atoms with Crippen molar-refractivity contribution >= 4 is 22.0 Å². The minimum Gasteiger partial charge on any atom is -0.224 e. The van der Waals surface area contributed by atoms with Crippen LogP contribution in [0.25, 0.3) is 12.2 Å². The minimum absolute atomic E-state index is 0.219. The lowest BCUT2D eigenvalue weighted by atomic mass is 10.1. The van der Waals surface area contributed by atoms with Crippen LogP contribution in [0, 0.1) is 0 Å². The van der Waals surface area contributed by atoms with Gasteiger partial charge in [-0.05, 0) is 23.6 Å². The van der Waals surface area contributed by atoms with E-state index < -0.39 is 9.84 Å². The van der Waals surface area contributed by atoms with Crippen molar-refractivity contribution in [1.82, 2.24) is 0 Å². The summed E-state index contributed by atoms with van der Waals surface area (Å²) in [5.74, 6) is 0.219. The van der Waals surface area contributed by atoms with Crippen molar-refractivity contribution in [2.24, 2.45) is 0 Å². The third kappa shape index (κ3) is 4.57. The number of hydrogen-bond donors (Lipinski definition) is 0. The molecule has 3 heteroatoms. The first-order valence-electron chi connectivity index (χ1n) is 7.68. The van der Waals surface area contributed by atoms with Gasteiger partial charge in [0.2, 0.25) is 0 Å². The summed E-state index contributed by atoms with van der Waals surface area (Å²) in [5, 5.41) is 0. The van der Waals surface area contributed by atoms with Crippen LogP contribution in [0.2, 0.25) is 0 Å². The first kappa shape index (κ1) is 16.5. The molecule has 22 heavy (non-hydrogen) atoms. The molecule has 0 saturated heterocycles. The van der Waals surface area contributed by atoms with Gasteiger partial charge < -0.3 is 0 Å². The predicted octanol–water partition coefficient (Wildman–Crippen LogP) is 4.82. The summed E-state index contributed by atoms with van der Waals surface area (Å²) in [4.78, 5) is 0.429. The zero-order valence-corrected chi connectivity index (χ0v) is 13.7. The highest BCUT2D eigenvalue weighted by molar-refractivity contribution is 7.91. The highest BCUT2D eigenvalue weighted by atomic mass is 32.2. The fourth-order valence-corrected chi connectivity index (χ4v) is 3.89. The Morgan fingerprint density at radius 3 is 2.27 bits per heavy atom. The third-order valence-corrected chi connectivity index (χ3v) is 5.39. The van der Waals surface area contributed by atoms with Crippen LogP contribution in [0.1, 0.15) is 37.3 Å². The van der Waals surface area contributed by atoms with E-state index in [1.807, 2.05) is 54.6 Å². The van der Waals surface area contributed by atoms with Gasteiger partial charge in [0.25, 0.3) is 0 Å². The van der Waals surface area contributed by atoms with Gasteiger partial charge in [0.1, 0.15) is 0 Å². The molecule has 0 spiro atoms. The zero-order valence-electron chi connectivity index (χ0n) is 12.9. The lowest BCUT2D eigenvalue weighted by Crippen LogP contribution is -2.08. The number of rotatable bonds is 7. The molecule has 0 heterocycles. The number of benzene rings is 2. The van der Waals surface area contributed by atoms with E-state index in [2.05, 4.69) is 6.92 Å². The van der Waals surface area contributed by atoms with E-state index >= 15 is 0 Å². The van der Waals surface area contributed by atoms with Crippen molar-refractivity contribution in [2.75, 3.05) is 5.75 Å². The highest BCUT2D eigenvalue weighted by Crippen LogP contribution is 2.20. The molecule has 0 amide bonds. The van der Waals surface area contributed by atoms with Gasteiger partial charge in [-0.15, -0.1) is 0 Å². The van der Waals surface area contributed by atoms with Gasteiger partial charge in [-0.2, -0.15) is 0 Å². The third-order valence-electron chi connectivity index (χ3n) is 3.53. The summed E-state index contributed by atoms with van der Waals surface area (Å²) >= 11 is 0. The van der Waals surface area contributed by atoms with Crippen molar-refractivity contribution < 1.29 is 8.42 Å². The molecule has 0 unspecified atom stereocenters. The molecule has 0 N–H and O–H groups in total. The van der Waals surface area contributed by atoms with E-state index in [0.717, 1.165) is 30.4 Å². The molecular weight excluding hydrogens is 292 g/mol. The van der Waals surface area contributed by atoms with Crippen LogP contribution in [0.5, 0.6) is 0 Å². The second kappa shape index (κ2) is 7.95. The molecule has 2 nitrogen and oxygen atoms in total. The average Bonchev–Trinajstić information content (AvgIpc) is 2.54. The van der Waals surface area contributed by atoms with E-state index in [9.17, 15) is 8.42 Å². The number of sulfone groups is 1. The molecule has 0 aliphatic carbocycles. The maximum atomic E-state index is 12.5. The largest absolute Gasteiger partial charge is 0.224 e. The maximum Gasteiger partial charge on any atom is 0.178 e. The van der Waals surface area contributed by atoms with Crippen LogP contribution >= 0.6 is 0 Å². The molecule has 2 aromatic rings. The second-order valence-corrected chi connectivity index (χ2v) is 7.39. The molecule has 0 radical (unpaired) electrons. The first-order chi connectivity index (χ1) is 10.6. The van der Waals surface area contributed by atoms with Crippen molar-refractivity contribution in [3.8, 4) is 0 Å². The van der Waals surface area contributed by atoms with Gasteiger partial charge >= 0.3 is 0 Å². The summed E-state index contributed by atoms with van der Waals surface area (Å²) in [6.45, 7) is 2.07. The number of unbranched alkanes of at least 4 members (excludes halogenated alkanes) is 2. The normalized spacial score (nSPS) is 11.9. The summed E-state index contributed by atoms with van der Waals surface area (Å²) in [6.07, 6.45) is 6.50. The summed E-state index contributed by atoms with van der Waals surface area (Å²) < 4.78 is 25.0. The minimum atomic E-state index is -3.22. The SMILES string of the molecule is CCCCCS(=O)(=O)c1ccccc1/C=C/c1ccccc1. The Hall–Kier alpha value is -1.87. The Morgan fingerprint density at radius 1 is 0.864 bits per heavy atom. The van der Waals surface area contributed by atoms with Gasteiger partial charge in [-0.3, -0.25) is 0 Å². The summed E-state index contributed by atoms with van der Waals surface area (Å²) in [6, 6.07) is 17.1. The monoisotopic (exact) mass is 314 g/mol. The fraction of sp³-hybridized carbons (Fsp3) is 0.263. The molecular formula is C19H22O2S. The fourth-order valence-electron chi connectivity index (χ4n) is 2.30. The Kier molecular flexibility index (Phi) is 5.96. The summed E-state index contributed by atoms with van der Waals surface area (Å²) in [5.41, 5.74) is 1.81. The zero-order chi connectivity index (χ0) is 15.8. The van der Waals surface area contributed by atoms with E-state index in [4.69, 9.17) is 0 Å². The number of hydrogen-bond acceptors (Lipinski definition) is 2. The van der Waals surface area contributed by atoms with Crippen LogP contribution in [-0.4, -0.2) is 14.2 Å². The Balaban J connectivity index is 2.25. The van der Waals surface area contributed by atoms with E-state index in [1.165, 1.54) is 0 Å². The molecule has 0 bridgehead atoms. The second-order valence-electron chi connectivity index (χ2n) is 5.31. The van der Waals surface area contributed by atoms with Crippen LogP contribution in [0.3, 0.4) is 0 Å². The van der Waals surface area contributed by atoms with Crippen molar-refractivity contribution in [3.63, 3.8) is 0 Å². The van der Waals surface area contributed by atoms with Crippen molar-refractivity contribution in [1.29, 1.82) is 0 Å². The molecule has 0 atom stereocenters.